The molecule has 16 heavy (non-hydrogen) atoms. The number of carboxylic acid groups (broad SMARTS) is 1. The van der Waals surface area contributed by atoms with Gasteiger partial charge in [0.1, 0.15) is 18.3 Å². The van der Waals surface area contributed by atoms with Crippen LogP contribution >= 0.6 is 0 Å². The minimum Gasteiger partial charge on any atom is -0.450 e. The number of hydrogen-bond acceptors (Lipinski definition) is 8. The molecule has 1 aliphatic rings. The fourth-order valence-electron chi connectivity index (χ4n) is 1.33. The van der Waals surface area contributed by atoms with Gasteiger partial charge in [0, 0.05) is 0 Å². The normalized spacial score (nSPS) is 44.1. The molecule has 1 aliphatic heterocycles. The van der Waals surface area contributed by atoms with Crippen molar-refractivity contribution in [2.45, 2.75) is 30.4 Å². The second kappa shape index (κ2) is 4.49. The van der Waals surface area contributed by atoms with Crippen LogP contribution in [0.4, 0.5) is 4.79 Å². The number of ether oxygens (including phenoxy) is 2. The Labute approximate surface area is 89.1 Å². The smallest absolute Gasteiger partial charge is 0.450 e. The quantitative estimate of drug-likeness (QED) is 0.216. The van der Waals surface area contributed by atoms with Crippen molar-refractivity contribution in [3.8, 4) is 0 Å². The zero-order valence-corrected chi connectivity index (χ0v) is 7.92. The van der Waals surface area contributed by atoms with Crippen LogP contribution in [0, 0.1) is 0 Å². The van der Waals surface area contributed by atoms with Crippen LogP contribution in [0.25, 0.3) is 0 Å². The first-order valence-electron chi connectivity index (χ1n) is 4.29. The van der Waals surface area contributed by atoms with E-state index in [0.29, 0.717) is 0 Å². The molecule has 0 aromatic heterocycles. The zero-order chi connectivity index (χ0) is 12.5. The molecule has 0 spiro atoms. The predicted octanol–water partition coefficient (Wildman–Crippen LogP) is -3.20. The maximum atomic E-state index is 10.2. The molecule has 1 fully saturated rings. The summed E-state index contributed by atoms with van der Waals surface area (Å²) in [5, 5.41) is 54.3. The Morgan fingerprint density at radius 2 is 1.88 bits per heavy atom. The lowest BCUT2D eigenvalue weighted by atomic mass is 9.98. The molecule has 1 rings (SSSR count). The second-order valence-electron chi connectivity index (χ2n) is 3.26. The Morgan fingerprint density at radius 3 is 2.31 bits per heavy atom. The molecule has 9 heteroatoms. The summed E-state index contributed by atoms with van der Waals surface area (Å²) in [5.74, 6) is -3.03. The van der Waals surface area contributed by atoms with Crippen molar-refractivity contribution in [1.82, 2.24) is 0 Å². The van der Waals surface area contributed by atoms with Crippen LogP contribution < -0.4 is 0 Å². The molecule has 1 saturated heterocycles. The molecule has 0 saturated carbocycles. The monoisotopic (exact) mass is 240 g/mol. The maximum absolute atomic E-state index is 10.2. The molecule has 94 valence electrons. The number of aliphatic hydroxyl groups is 5. The lowest BCUT2D eigenvalue weighted by Crippen LogP contribution is -2.66. The lowest BCUT2D eigenvalue weighted by molar-refractivity contribution is -0.433. The summed E-state index contributed by atoms with van der Waals surface area (Å²) >= 11 is 0. The number of aliphatic hydroxyl groups excluding tert-OH is 4. The van der Waals surface area contributed by atoms with Gasteiger partial charge < -0.3 is 40.1 Å². The molecule has 0 unspecified atom stereocenters. The van der Waals surface area contributed by atoms with Crippen molar-refractivity contribution in [3.63, 3.8) is 0 Å². The molecular formula is C7H12O9. The number of hydrogen-bond donors (Lipinski definition) is 6. The van der Waals surface area contributed by atoms with Gasteiger partial charge in [-0.3, -0.25) is 0 Å². The van der Waals surface area contributed by atoms with Crippen LogP contribution in [0.1, 0.15) is 0 Å². The summed E-state index contributed by atoms with van der Waals surface area (Å²) in [6.07, 6.45) is -9.24. The van der Waals surface area contributed by atoms with Gasteiger partial charge in [0.2, 0.25) is 0 Å². The Balaban J connectivity index is 2.89. The standard InChI is InChI=1S/C7H12O9/c8-1-2-3(9)4(10)5(11)7(14,15-2)16-6(12)13/h2-5,8-11,14H,1H2,(H,12,13)/t2-,3+,4+,5-,7+/m1/s1. The van der Waals surface area contributed by atoms with Crippen molar-refractivity contribution in [3.05, 3.63) is 0 Å². The van der Waals surface area contributed by atoms with E-state index in [1.807, 2.05) is 0 Å². The molecule has 0 aromatic carbocycles. The molecule has 0 radical (unpaired) electrons. The fourth-order valence-corrected chi connectivity index (χ4v) is 1.33. The highest BCUT2D eigenvalue weighted by atomic mass is 16.9. The minimum absolute atomic E-state index is 0.809. The first kappa shape index (κ1) is 13.1. The number of rotatable bonds is 2. The third-order valence-corrected chi connectivity index (χ3v) is 2.16. The van der Waals surface area contributed by atoms with E-state index in [1.54, 1.807) is 0 Å². The molecule has 0 amide bonds. The molecule has 0 aromatic rings. The highest BCUT2D eigenvalue weighted by molar-refractivity contribution is 5.57. The van der Waals surface area contributed by atoms with Gasteiger partial charge in [-0.05, 0) is 0 Å². The van der Waals surface area contributed by atoms with Gasteiger partial charge in [-0.2, -0.15) is 0 Å². The molecule has 0 bridgehead atoms. The second-order valence-corrected chi connectivity index (χ2v) is 3.26. The van der Waals surface area contributed by atoms with Crippen LogP contribution in [-0.4, -0.2) is 73.8 Å². The Bertz CT molecular complexity index is 267. The maximum Gasteiger partial charge on any atom is 0.510 e. The van der Waals surface area contributed by atoms with Crippen LogP contribution in [0.15, 0.2) is 0 Å². The van der Waals surface area contributed by atoms with E-state index in [0.717, 1.165) is 0 Å². The van der Waals surface area contributed by atoms with Crippen molar-refractivity contribution >= 4 is 6.16 Å². The van der Waals surface area contributed by atoms with Gasteiger partial charge in [0.25, 0.3) is 0 Å². The van der Waals surface area contributed by atoms with E-state index < -0.39 is 43.2 Å². The average Bonchev–Trinajstić information content (AvgIpc) is 2.20. The summed E-state index contributed by atoms with van der Waals surface area (Å²) < 4.78 is 8.33. The molecule has 1 heterocycles. The van der Waals surface area contributed by atoms with E-state index in [9.17, 15) is 25.2 Å². The summed E-state index contributed by atoms with van der Waals surface area (Å²) in [7, 11) is 0. The van der Waals surface area contributed by atoms with Crippen molar-refractivity contribution in [1.29, 1.82) is 0 Å². The largest absolute Gasteiger partial charge is 0.510 e. The first-order valence-corrected chi connectivity index (χ1v) is 4.29. The van der Waals surface area contributed by atoms with Crippen molar-refractivity contribution < 1.29 is 44.9 Å². The summed E-state index contributed by atoms with van der Waals surface area (Å²) in [4.78, 5) is 10.2. The topological polar surface area (TPSA) is 157 Å². The number of carbonyl (C=O) groups is 1. The highest BCUT2D eigenvalue weighted by Crippen LogP contribution is 2.29. The van der Waals surface area contributed by atoms with Gasteiger partial charge in [-0.1, -0.05) is 0 Å². The van der Waals surface area contributed by atoms with Crippen LogP contribution in [0.3, 0.4) is 0 Å². The molecule has 6 N–H and O–H groups in total. The van der Waals surface area contributed by atoms with Gasteiger partial charge in [-0.25, -0.2) is 4.79 Å². The molecule has 5 atom stereocenters. The molecule has 9 nitrogen and oxygen atoms in total. The zero-order valence-electron chi connectivity index (χ0n) is 7.92. The van der Waals surface area contributed by atoms with Crippen LogP contribution in [0.2, 0.25) is 0 Å². The average molecular weight is 240 g/mol. The van der Waals surface area contributed by atoms with E-state index in [1.165, 1.54) is 0 Å². The van der Waals surface area contributed by atoms with Crippen LogP contribution in [-0.2, 0) is 9.47 Å². The van der Waals surface area contributed by atoms with E-state index in [2.05, 4.69) is 9.47 Å². The Morgan fingerprint density at radius 1 is 1.31 bits per heavy atom. The van der Waals surface area contributed by atoms with E-state index in [-0.39, 0.29) is 0 Å². The lowest BCUT2D eigenvalue weighted by Gasteiger charge is -2.43. The summed E-state index contributed by atoms with van der Waals surface area (Å²) in [6.45, 7) is -0.809. The fraction of sp³-hybridized carbons (Fsp3) is 0.857. The third-order valence-electron chi connectivity index (χ3n) is 2.16. The Hall–Kier alpha value is -0.970. The van der Waals surface area contributed by atoms with E-state index in [4.69, 9.17) is 10.2 Å². The summed E-state index contributed by atoms with van der Waals surface area (Å²) in [6, 6.07) is 0. The Kier molecular flexibility index (Phi) is 3.68. The summed E-state index contributed by atoms with van der Waals surface area (Å²) in [5.41, 5.74) is 0. The predicted molar refractivity (Wildman–Crippen MR) is 44.0 cm³/mol. The molecule has 0 aliphatic carbocycles. The first-order chi connectivity index (χ1) is 7.31. The minimum atomic E-state index is -3.03. The van der Waals surface area contributed by atoms with Gasteiger partial charge >= 0.3 is 12.1 Å². The van der Waals surface area contributed by atoms with Crippen molar-refractivity contribution in [2.24, 2.45) is 0 Å². The van der Waals surface area contributed by atoms with Crippen molar-refractivity contribution in [2.75, 3.05) is 6.61 Å². The van der Waals surface area contributed by atoms with Gasteiger partial charge in [-0.15, -0.1) is 0 Å². The van der Waals surface area contributed by atoms with Gasteiger partial charge in [0.15, 0.2) is 6.10 Å². The highest BCUT2D eigenvalue weighted by Gasteiger charge is 2.56. The third kappa shape index (κ3) is 2.24. The molecular weight excluding hydrogens is 228 g/mol. The van der Waals surface area contributed by atoms with Gasteiger partial charge in [0.05, 0.1) is 6.61 Å². The SMILES string of the molecule is O=C(O)O[C@@]1(O)O[C@H](CO)[C@H](O)[C@H](O)[C@H]1O. The van der Waals surface area contributed by atoms with E-state index >= 15 is 0 Å². The van der Waals surface area contributed by atoms with Crippen LogP contribution in [0.5, 0.6) is 0 Å².